The summed E-state index contributed by atoms with van der Waals surface area (Å²) in [6.45, 7) is 2.82. The van der Waals surface area contributed by atoms with Gasteiger partial charge in [-0.2, -0.15) is 0 Å². The molecular weight excluding hydrogens is 447 g/mol. The van der Waals surface area contributed by atoms with Crippen molar-refractivity contribution in [3.63, 3.8) is 0 Å². The molecule has 0 bridgehead atoms. The predicted octanol–water partition coefficient (Wildman–Crippen LogP) is 3.75. The van der Waals surface area contributed by atoms with Gasteiger partial charge in [-0.05, 0) is 49.7 Å². The van der Waals surface area contributed by atoms with Gasteiger partial charge in [0.2, 0.25) is 0 Å². The van der Waals surface area contributed by atoms with Gasteiger partial charge in [-0.3, -0.25) is 4.98 Å². The number of carbonyl (C=O) groups excluding carboxylic acids is 1. The molecule has 0 radical (unpaired) electrons. The number of pyridine rings is 1. The molecule has 0 aliphatic carbocycles. The van der Waals surface area contributed by atoms with Crippen LogP contribution in [-0.4, -0.2) is 43.1 Å². The summed E-state index contributed by atoms with van der Waals surface area (Å²) in [4.78, 5) is 12.5. The molecule has 1 aromatic carbocycles. The largest absolute Gasteiger partial charge is 0.573 e. The Labute approximate surface area is 182 Å². The van der Waals surface area contributed by atoms with Crippen LogP contribution in [0.4, 0.5) is 13.2 Å². The number of rotatable bonds is 4. The third kappa shape index (κ3) is 5.00. The van der Waals surface area contributed by atoms with E-state index >= 15 is 0 Å². The van der Waals surface area contributed by atoms with Gasteiger partial charge in [-0.15, -0.1) is 13.2 Å². The fourth-order valence-electron chi connectivity index (χ4n) is 3.31. The zero-order valence-electron chi connectivity index (χ0n) is 17.0. The summed E-state index contributed by atoms with van der Waals surface area (Å²) in [5, 5.41) is 3.18. The number of benzene rings is 1. The van der Waals surface area contributed by atoms with Gasteiger partial charge in [-0.25, -0.2) is 12.4 Å². The molecule has 4 rings (SSSR count). The number of alkyl halides is 3. The second-order valence-corrected chi connectivity index (χ2v) is 8.41. The maximum atomic E-state index is 13.3. The molecule has 0 amide bonds. The number of fused-ring (bicyclic) bond motifs is 1. The Morgan fingerprint density at radius 2 is 1.91 bits per heavy atom. The van der Waals surface area contributed by atoms with Crippen LogP contribution in [-0.2, 0) is 14.8 Å². The van der Waals surface area contributed by atoms with Gasteiger partial charge in [0.15, 0.2) is 0 Å². The van der Waals surface area contributed by atoms with Crippen molar-refractivity contribution in [2.75, 3.05) is 13.1 Å². The van der Waals surface area contributed by atoms with Crippen LogP contribution in [0.3, 0.4) is 0 Å². The molecule has 1 aliphatic heterocycles. The minimum Gasteiger partial charge on any atom is -0.404 e. The Bertz CT molecular complexity index is 1250. The van der Waals surface area contributed by atoms with Crippen LogP contribution in [0.1, 0.15) is 18.9 Å². The fraction of sp³-hybridized carbons (Fsp3) is 0.238. The van der Waals surface area contributed by atoms with Crippen LogP contribution in [0.2, 0.25) is 0 Å². The van der Waals surface area contributed by atoms with E-state index in [4.69, 9.17) is 4.79 Å². The lowest BCUT2D eigenvalue weighted by atomic mass is 10.0. The number of nitrogens with zero attached hydrogens (tertiary/aromatic N) is 2. The average molecular weight is 467 g/mol. The second-order valence-electron chi connectivity index (χ2n) is 6.63. The number of para-hydroxylation sites is 1. The van der Waals surface area contributed by atoms with Gasteiger partial charge in [0.05, 0.1) is 11.0 Å². The Morgan fingerprint density at radius 1 is 1.19 bits per heavy atom. The molecule has 7 nitrogen and oxygen atoms in total. The van der Waals surface area contributed by atoms with Gasteiger partial charge in [0.25, 0.3) is 10.0 Å². The summed E-state index contributed by atoms with van der Waals surface area (Å²) in [7, 11) is -4.38. The maximum Gasteiger partial charge on any atom is 0.573 e. The number of halogens is 3. The van der Waals surface area contributed by atoms with Crippen LogP contribution in [0.25, 0.3) is 16.6 Å². The van der Waals surface area contributed by atoms with Crippen LogP contribution < -0.4 is 10.1 Å². The highest BCUT2D eigenvalue weighted by Gasteiger charge is 2.35. The highest BCUT2D eigenvalue weighted by Crippen LogP contribution is 2.35. The van der Waals surface area contributed by atoms with Gasteiger partial charge >= 0.3 is 6.36 Å². The van der Waals surface area contributed by atoms with E-state index in [2.05, 4.69) is 15.0 Å². The SMILES string of the molecule is CC=O.O=S(=O)(c1ccccc1OC(F)(F)F)n1cc(C2=CCNCC2)c2ncccc21. The Balaban J connectivity index is 0.000000913. The number of hydrogen-bond donors (Lipinski definition) is 1. The van der Waals surface area contributed by atoms with E-state index in [0.717, 1.165) is 34.5 Å². The monoisotopic (exact) mass is 467 g/mol. The molecule has 0 spiro atoms. The summed E-state index contributed by atoms with van der Waals surface area (Å²) in [5.74, 6) is -0.784. The smallest absolute Gasteiger partial charge is 0.404 e. The highest BCUT2D eigenvalue weighted by molar-refractivity contribution is 7.90. The number of nitrogens with one attached hydrogen (secondary N) is 1. The number of aromatic nitrogens is 2. The molecule has 0 saturated carbocycles. The summed E-state index contributed by atoms with van der Waals surface area (Å²) >= 11 is 0. The molecule has 0 fully saturated rings. The third-order valence-corrected chi connectivity index (χ3v) is 6.26. The van der Waals surface area contributed by atoms with Gasteiger partial charge in [-0.1, -0.05) is 18.2 Å². The van der Waals surface area contributed by atoms with Crippen molar-refractivity contribution in [1.82, 2.24) is 14.3 Å². The zero-order valence-corrected chi connectivity index (χ0v) is 17.8. The highest BCUT2D eigenvalue weighted by atomic mass is 32.2. The zero-order chi connectivity index (χ0) is 23.4. The first kappa shape index (κ1) is 23.5. The number of carbonyl (C=O) groups is 1. The lowest BCUT2D eigenvalue weighted by Gasteiger charge is -2.14. The normalized spacial score (nSPS) is 14.3. The van der Waals surface area contributed by atoms with E-state index in [-0.39, 0.29) is 5.52 Å². The fourth-order valence-corrected chi connectivity index (χ4v) is 4.79. The molecule has 1 N–H and O–H groups in total. The first-order chi connectivity index (χ1) is 15.2. The molecule has 170 valence electrons. The number of aldehydes is 1. The minimum absolute atomic E-state index is 0.281. The molecule has 3 aromatic rings. The topological polar surface area (TPSA) is 90.3 Å². The van der Waals surface area contributed by atoms with E-state index in [1.807, 2.05) is 6.08 Å². The first-order valence-corrected chi connectivity index (χ1v) is 11.0. The van der Waals surface area contributed by atoms with Crippen molar-refractivity contribution in [3.05, 3.63) is 60.4 Å². The van der Waals surface area contributed by atoms with Crippen molar-refractivity contribution in [3.8, 4) is 5.75 Å². The maximum absolute atomic E-state index is 13.3. The third-order valence-electron chi connectivity index (χ3n) is 4.55. The minimum atomic E-state index is -5.02. The predicted molar refractivity (Wildman–Crippen MR) is 113 cm³/mol. The van der Waals surface area contributed by atoms with Crippen molar-refractivity contribution >= 4 is 32.9 Å². The molecule has 32 heavy (non-hydrogen) atoms. The van der Waals surface area contributed by atoms with E-state index in [1.54, 1.807) is 18.3 Å². The molecule has 0 unspecified atom stereocenters. The lowest BCUT2D eigenvalue weighted by Crippen LogP contribution is -2.20. The van der Waals surface area contributed by atoms with Crippen LogP contribution in [0.5, 0.6) is 5.75 Å². The van der Waals surface area contributed by atoms with Crippen LogP contribution in [0.15, 0.2) is 59.8 Å². The Morgan fingerprint density at radius 3 is 2.56 bits per heavy atom. The van der Waals surface area contributed by atoms with Crippen molar-refractivity contribution in [2.24, 2.45) is 0 Å². The van der Waals surface area contributed by atoms with E-state index < -0.39 is 27.0 Å². The molecule has 0 saturated heterocycles. The number of ether oxygens (including phenoxy) is 1. The Hall–Kier alpha value is -3.18. The summed E-state index contributed by atoms with van der Waals surface area (Å²) < 4.78 is 69.8. The average Bonchev–Trinajstić information content (AvgIpc) is 3.15. The molecule has 1 aliphatic rings. The van der Waals surface area contributed by atoms with E-state index in [9.17, 15) is 21.6 Å². The standard InChI is InChI=1S/C19H16F3N3O3S.C2H4O/c20-19(21,22)28-16-5-1-2-6-17(16)29(26,27)25-12-14(13-7-10-23-11-8-13)18-15(25)4-3-9-24-18;1-2-3/h1-7,9,12,23H,8,10-11H2;2H,1H3. The summed E-state index contributed by atoms with van der Waals surface area (Å²) in [6, 6.07) is 7.82. The van der Waals surface area contributed by atoms with Gasteiger partial charge in [0, 0.05) is 24.5 Å². The molecule has 11 heteroatoms. The van der Waals surface area contributed by atoms with Crippen molar-refractivity contribution in [2.45, 2.75) is 24.6 Å². The Kier molecular flexibility index (Phi) is 6.99. The number of hydrogen-bond acceptors (Lipinski definition) is 6. The summed E-state index contributed by atoms with van der Waals surface area (Å²) in [6.07, 6.45) is 1.32. The van der Waals surface area contributed by atoms with Crippen molar-refractivity contribution in [1.29, 1.82) is 0 Å². The molecule has 2 aromatic heterocycles. The van der Waals surface area contributed by atoms with E-state index in [1.165, 1.54) is 25.3 Å². The van der Waals surface area contributed by atoms with Gasteiger partial charge < -0.3 is 14.8 Å². The first-order valence-electron chi connectivity index (χ1n) is 9.55. The molecular formula is C21H20F3N3O4S. The van der Waals surface area contributed by atoms with E-state index in [0.29, 0.717) is 24.0 Å². The second kappa shape index (κ2) is 9.53. The van der Waals surface area contributed by atoms with Gasteiger partial charge in [0.1, 0.15) is 16.9 Å². The molecule has 0 atom stereocenters. The summed E-state index contributed by atoms with van der Waals surface area (Å²) in [5.41, 5.74) is 2.32. The lowest BCUT2D eigenvalue weighted by molar-refractivity contribution is -0.275. The quantitative estimate of drug-likeness (QED) is 0.588. The molecule has 3 heterocycles. The van der Waals surface area contributed by atoms with Crippen LogP contribution in [0, 0.1) is 0 Å². The van der Waals surface area contributed by atoms with Crippen LogP contribution >= 0.6 is 0 Å². The van der Waals surface area contributed by atoms with Crippen molar-refractivity contribution < 1.29 is 31.1 Å².